The highest BCUT2D eigenvalue weighted by Gasteiger charge is 2.24. The van der Waals surface area contributed by atoms with Crippen LogP contribution >= 0.6 is 11.6 Å². The average molecular weight is 315 g/mol. The number of halogens is 2. The van der Waals surface area contributed by atoms with Crippen molar-refractivity contribution in [2.75, 3.05) is 18.4 Å². The lowest BCUT2D eigenvalue weighted by molar-refractivity contribution is -0.138. The number of hydrogen-bond donors (Lipinski definition) is 2. The molecule has 0 spiro atoms. The zero-order valence-corrected chi connectivity index (χ0v) is 12.1. The molecule has 5 nitrogen and oxygen atoms in total. The van der Waals surface area contributed by atoms with E-state index in [1.54, 1.807) is 4.90 Å². The van der Waals surface area contributed by atoms with Crippen LogP contribution in [-0.4, -0.2) is 35.1 Å². The van der Waals surface area contributed by atoms with E-state index < -0.39 is 11.8 Å². The SMILES string of the molecule is O=C(O)CC1CCN(C(=O)Nc2ccc(F)cc2Cl)CC1. The molecule has 114 valence electrons. The molecule has 21 heavy (non-hydrogen) atoms. The molecule has 1 aliphatic rings. The van der Waals surface area contributed by atoms with Crippen LogP contribution in [-0.2, 0) is 4.79 Å². The van der Waals surface area contributed by atoms with Gasteiger partial charge >= 0.3 is 12.0 Å². The second-order valence-corrected chi connectivity index (χ2v) is 5.49. The molecule has 1 heterocycles. The summed E-state index contributed by atoms with van der Waals surface area (Å²) in [4.78, 5) is 24.3. The van der Waals surface area contributed by atoms with Crippen molar-refractivity contribution in [3.63, 3.8) is 0 Å². The van der Waals surface area contributed by atoms with Crippen LogP contribution in [0.5, 0.6) is 0 Å². The summed E-state index contributed by atoms with van der Waals surface area (Å²) >= 11 is 5.85. The smallest absolute Gasteiger partial charge is 0.321 e. The number of amides is 2. The molecule has 1 saturated heterocycles. The van der Waals surface area contributed by atoms with Crippen molar-refractivity contribution in [2.24, 2.45) is 5.92 Å². The third kappa shape index (κ3) is 4.32. The van der Waals surface area contributed by atoms with Gasteiger partial charge in [0.1, 0.15) is 5.82 Å². The molecule has 1 fully saturated rings. The van der Waals surface area contributed by atoms with Gasteiger partial charge < -0.3 is 15.3 Å². The maximum absolute atomic E-state index is 12.9. The van der Waals surface area contributed by atoms with Crippen molar-refractivity contribution in [3.05, 3.63) is 29.0 Å². The molecular weight excluding hydrogens is 299 g/mol. The van der Waals surface area contributed by atoms with Gasteiger partial charge in [0.25, 0.3) is 0 Å². The molecule has 0 atom stereocenters. The fraction of sp³-hybridized carbons (Fsp3) is 0.429. The molecular formula is C14H16ClFN2O3. The third-order valence-corrected chi connectivity index (χ3v) is 3.85. The Morgan fingerprint density at radius 1 is 1.38 bits per heavy atom. The molecule has 2 N–H and O–H groups in total. The van der Waals surface area contributed by atoms with Crippen LogP contribution < -0.4 is 5.32 Å². The summed E-state index contributed by atoms with van der Waals surface area (Å²) in [6, 6.07) is 3.46. The number of carbonyl (C=O) groups excluding carboxylic acids is 1. The van der Waals surface area contributed by atoms with E-state index in [0.717, 1.165) is 6.07 Å². The number of likely N-dealkylation sites (tertiary alicyclic amines) is 1. The van der Waals surface area contributed by atoms with Gasteiger partial charge in [-0.05, 0) is 37.0 Å². The number of nitrogens with zero attached hydrogens (tertiary/aromatic N) is 1. The Morgan fingerprint density at radius 3 is 2.62 bits per heavy atom. The number of urea groups is 1. The Kier molecular flexibility index (Phi) is 5.01. The summed E-state index contributed by atoms with van der Waals surface area (Å²) in [5.41, 5.74) is 0.357. The Bertz CT molecular complexity index is 545. The van der Waals surface area contributed by atoms with Gasteiger partial charge in [-0.25, -0.2) is 9.18 Å². The van der Waals surface area contributed by atoms with Gasteiger partial charge in [-0.2, -0.15) is 0 Å². The van der Waals surface area contributed by atoms with Gasteiger partial charge in [0.2, 0.25) is 0 Å². The van der Waals surface area contributed by atoms with E-state index >= 15 is 0 Å². The number of carboxylic acid groups (broad SMARTS) is 1. The first-order chi connectivity index (χ1) is 9.95. The van der Waals surface area contributed by atoms with Crippen molar-refractivity contribution in [3.8, 4) is 0 Å². The standard InChI is InChI=1S/C14H16ClFN2O3/c15-11-8-10(16)1-2-12(11)17-14(21)18-5-3-9(4-6-18)7-13(19)20/h1-2,8-9H,3-7H2,(H,17,21)(H,19,20). The molecule has 1 aliphatic heterocycles. The first kappa shape index (κ1) is 15.6. The number of piperidine rings is 1. The van der Waals surface area contributed by atoms with Crippen LogP contribution in [0.4, 0.5) is 14.9 Å². The number of rotatable bonds is 3. The number of carboxylic acids is 1. The summed E-state index contributed by atoms with van der Waals surface area (Å²) in [5.74, 6) is -1.16. The van der Waals surface area contributed by atoms with Crippen LogP contribution in [0.1, 0.15) is 19.3 Å². The third-order valence-electron chi connectivity index (χ3n) is 3.54. The molecule has 0 saturated carbocycles. The van der Waals surface area contributed by atoms with E-state index in [1.807, 2.05) is 0 Å². The first-order valence-electron chi connectivity index (χ1n) is 6.68. The second-order valence-electron chi connectivity index (χ2n) is 5.08. The second kappa shape index (κ2) is 6.76. The Morgan fingerprint density at radius 2 is 2.05 bits per heavy atom. The molecule has 0 radical (unpaired) electrons. The van der Waals surface area contributed by atoms with Crippen molar-refractivity contribution in [1.29, 1.82) is 0 Å². The van der Waals surface area contributed by atoms with Crippen LogP contribution in [0, 0.1) is 11.7 Å². The molecule has 0 unspecified atom stereocenters. The molecule has 0 aromatic heterocycles. The number of nitrogens with one attached hydrogen (secondary N) is 1. The van der Waals surface area contributed by atoms with E-state index in [0.29, 0.717) is 31.6 Å². The van der Waals surface area contributed by atoms with Crippen molar-refractivity contribution < 1.29 is 19.1 Å². The number of carbonyl (C=O) groups is 2. The van der Waals surface area contributed by atoms with E-state index in [-0.39, 0.29) is 23.4 Å². The van der Waals surface area contributed by atoms with E-state index in [9.17, 15) is 14.0 Å². The van der Waals surface area contributed by atoms with Gasteiger partial charge in [0.15, 0.2) is 0 Å². The summed E-state index contributed by atoms with van der Waals surface area (Å²) in [5, 5.41) is 11.5. The largest absolute Gasteiger partial charge is 0.481 e. The molecule has 7 heteroatoms. The number of aliphatic carboxylic acids is 1. The number of hydrogen-bond acceptors (Lipinski definition) is 2. The quantitative estimate of drug-likeness (QED) is 0.900. The molecule has 2 rings (SSSR count). The van der Waals surface area contributed by atoms with Crippen molar-refractivity contribution in [1.82, 2.24) is 4.90 Å². The lowest BCUT2D eigenvalue weighted by Crippen LogP contribution is -2.41. The normalized spacial score (nSPS) is 15.8. The van der Waals surface area contributed by atoms with E-state index in [2.05, 4.69) is 5.32 Å². The van der Waals surface area contributed by atoms with Crippen LogP contribution in [0.25, 0.3) is 0 Å². The molecule has 1 aromatic rings. The fourth-order valence-electron chi connectivity index (χ4n) is 2.37. The predicted molar refractivity (Wildman–Crippen MR) is 77.0 cm³/mol. The van der Waals surface area contributed by atoms with Crippen LogP contribution in [0.2, 0.25) is 5.02 Å². The highest BCUT2D eigenvalue weighted by Crippen LogP contribution is 2.24. The number of anilines is 1. The highest BCUT2D eigenvalue weighted by atomic mass is 35.5. The van der Waals surface area contributed by atoms with Crippen LogP contribution in [0.15, 0.2) is 18.2 Å². The zero-order chi connectivity index (χ0) is 15.4. The molecule has 0 aliphatic carbocycles. The first-order valence-corrected chi connectivity index (χ1v) is 7.06. The molecule has 2 amide bonds. The van der Waals surface area contributed by atoms with Gasteiger partial charge in [0, 0.05) is 19.5 Å². The molecule has 1 aromatic carbocycles. The predicted octanol–water partition coefficient (Wildman–Crippen LogP) is 3.20. The maximum atomic E-state index is 12.9. The maximum Gasteiger partial charge on any atom is 0.321 e. The van der Waals surface area contributed by atoms with E-state index in [1.165, 1.54) is 12.1 Å². The minimum atomic E-state index is -0.809. The Balaban J connectivity index is 1.89. The monoisotopic (exact) mass is 314 g/mol. The van der Waals surface area contributed by atoms with E-state index in [4.69, 9.17) is 16.7 Å². The average Bonchev–Trinajstić information content (AvgIpc) is 2.42. The van der Waals surface area contributed by atoms with Crippen molar-refractivity contribution in [2.45, 2.75) is 19.3 Å². The summed E-state index contributed by atoms with van der Waals surface area (Å²) in [6.07, 6.45) is 1.47. The van der Waals surface area contributed by atoms with Gasteiger partial charge in [0.05, 0.1) is 10.7 Å². The minimum Gasteiger partial charge on any atom is -0.481 e. The minimum absolute atomic E-state index is 0.112. The molecule has 0 bridgehead atoms. The highest BCUT2D eigenvalue weighted by molar-refractivity contribution is 6.33. The lowest BCUT2D eigenvalue weighted by atomic mass is 9.94. The summed E-state index contributed by atoms with van der Waals surface area (Å²) in [6.45, 7) is 1.01. The number of benzene rings is 1. The van der Waals surface area contributed by atoms with Gasteiger partial charge in [-0.15, -0.1) is 0 Å². The Labute approximate surface area is 126 Å². The topological polar surface area (TPSA) is 69.6 Å². The summed E-state index contributed by atoms with van der Waals surface area (Å²) in [7, 11) is 0. The van der Waals surface area contributed by atoms with Gasteiger partial charge in [-0.1, -0.05) is 11.6 Å². The lowest BCUT2D eigenvalue weighted by Gasteiger charge is -2.31. The Hall–Kier alpha value is -1.82. The van der Waals surface area contributed by atoms with Crippen LogP contribution in [0.3, 0.4) is 0 Å². The zero-order valence-electron chi connectivity index (χ0n) is 11.3. The van der Waals surface area contributed by atoms with Gasteiger partial charge in [-0.3, -0.25) is 4.79 Å². The van der Waals surface area contributed by atoms with Crippen molar-refractivity contribution >= 4 is 29.3 Å². The summed E-state index contributed by atoms with van der Waals surface area (Å²) < 4.78 is 12.9. The fourth-order valence-corrected chi connectivity index (χ4v) is 2.59.